The molecule has 1 aromatic carbocycles. The second kappa shape index (κ2) is 8.47. The predicted molar refractivity (Wildman–Crippen MR) is 84.8 cm³/mol. The molecule has 0 fully saturated rings. The molecule has 0 saturated heterocycles. The van der Waals surface area contributed by atoms with Crippen molar-refractivity contribution in [2.45, 2.75) is 18.8 Å². The first-order valence-corrected chi connectivity index (χ1v) is 7.36. The lowest BCUT2D eigenvalue weighted by Crippen LogP contribution is -2.35. The third kappa shape index (κ3) is 5.52. The molecule has 1 amide bonds. The molecule has 0 spiro atoms. The van der Waals surface area contributed by atoms with Gasteiger partial charge in [0.25, 0.3) is 0 Å². The molecule has 122 valence electrons. The van der Waals surface area contributed by atoms with E-state index < -0.39 is 18.3 Å². The van der Waals surface area contributed by atoms with Gasteiger partial charge in [-0.25, -0.2) is 9.78 Å². The van der Waals surface area contributed by atoms with Crippen LogP contribution in [-0.2, 0) is 11.3 Å². The minimum atomic E-state index is -1.20. The lowest BCUT2D eigenvalue weighted by Gasteiger charge is -2.18. The lowest BCUT2D eigenvalue weighted by molar-refractivity contribution is 0.0183. The molecule has 0 bridgehead atoms. The first-order valence-electron chi connectivity index (χ1n) is 6.98. The average molecular weight is 337 g/mol. The van der Waals surface area contributed by atoms with Gasteiger partial charge in [-0.15, -0.1) is 0 Å². The number of carbonyl (C=O) groups is 1. The van der Waals surface area contributed by atoms with Crippen LogP contribution < -0.4 is 5.32 Å². The zero-order valence-electron chi connectivity index (χ0n) is 12.2. The maximum atomic E-state index is 11.6. The van der Waals surface area contributed by atoms with Crippen molar-refractivity contribution in [3.05, 3.63) is 64.9 Å². The highest BCUT2D eigenvalue weighted by molar-refractivity contribution is 6.29. The van der Waals surface area contributed by atoms with E-state index in [1.54, 1.807) is 0 Å². The number of carbonyl (C=O) groups excluding carboxylic acids is 1. The summed E-state index contributed by atoms with van der Waals surface area (Å²) >= 11 is 5.73. The molecule has 1 heterocycles. The number of aromatic nitrogens is 1. The van der Waals surface area contributed by atoms with Crippen LogP contribution >= 0.6 is 11.6 Å². The Labute approximate surface area is 138 Å². The molecule has 1 aromatic heterocycles. The van der Waals surface area contributed by atoms with E-state index in [1.807, 2.05) is 30.3 Å². The Kier molecular flexibility index (Phi) is 6.34. The molecule has 0 aliphatic carbocycles. The minimum Gasteiger partial charge on any atom is -0.445 e. The Morgan fingerprint density at radius 3 is 2.70 bits per heavy atom. The number of aliphatic hydroxyl groups excluding tert-OH is 2. The number of nitrogens with one attached hydrogen (secondary N) is 1. The Morgan fingerprint density at radius 2 is 2.00 bits per heavy atom. The van der Waals surface area contributed by atoms with Crippen LogP contribution in [0.3, 0.4) is 0 Å². The van der Waals surface area contributed by atoms with Crippen LogP contribution in [-0.4, -0.2) is 33.9 Å². The normalized spacial score (nSPS) is 13.2. The zero-order valence-corrected chi connectivity index (χ0v) is 13.0. The summed E-state index contributed by atoms with van der Waals surface area (Å²) in [6.07, 6.45) is -1.63. The maximum Gasteiger partial charge on any atom is 0.407 e. The van der Waals surface area contributed by atoms with E-state index in [1.165, 1.54) is 18.3 Å². The van der Waals surface area contributed by atoms with E-state index in [2.05, 4.69) is 10.3 Å². The van der Waals surface area contributed by atoms with E-state index in [-0.39, 0.29) is 18.3 Å². The number of aliphatic hydroxyl groups is 2. The van der Waals surface area contributed by atoms with Crippen molar-refractivity contribution in [1.82, 2.24) is 10.3 Å². The van der Waals surface area contributed by atoms with E-state index in [4.69, 9.17) is 16.3 Å². The van der Waals surface area contributed by atoms with Gasteiger partial charge in [-0.2, -0.15) is 0 Å². The van der Waals surface area contributed by atoms with Gasteiger partial charge in [-0.05, 0) is 23.3 Å². The van der Waals surface area contributed by atoms with Crippen molar-refractivity contribution >= 4 is 17.7 Å². The Morgan fingerprint density at radius 1 is 1.26 bits per heavy atom. The molecule has 0 saturated carbocycles. The first-order chi connectivity index (χ1) is 11.1. The van der Waals surface area contributed by atoms with E-state index in [0.717, 1.165) is 5.56 Å². The van der Waals surface area contributed by atoms with Gasteiger partial charge in [0, 0.05) is 12.7 Å². The molecule has 3 N–H and O–H groups in total. The topological polar surface area (TPSA) is 91.7 Å². The number of halogens is 1. The number of amides is 1. The SMILES string of the molecule is O=C(NCC(O)C(O)c1ccnc(Cl)c1)OCc1ccccc1. The summed E-state index contributed by atoms with van der Waals surface area (Å²) in [5, 5.41) is 22.5. The van der Waals surface area contributed by atoms with Gasteiger partial charge in [0.05, 0.1) is 0 Å². The van der Waals surface area contributed by atoms with Crippen molar-refractivity contribution in [2.75, 3.05) is 6.54 Å². The second-order valence-corrected chi connectivity index (χ2v) is 5.25. The lowest BCUT2D eigenvalue weighted by atomic mass is 10.1. The molecule has 0 aliphatic heterocycles. The minimum absolute atomic E-state index is 0.130. The number of benzene rings is 1. The summed E-state index contributed by atoms with van der Waals surface area (Å²) in [5.41, 5.74) is 1.27. The van der Waals surface area contributed by atoms with E-state index in [0.29, 0.717) is 5.56 Å². The summed E-state index contributed by atoms with van der Waals surface area (Å²) in [6.45, 7) is -0.0278. The highest BCUT2D eigenvalue weighted by Crippen LogP contribution is 2.18. The van der Waals surface area contributed by atoms with E-state index in [9.17, 15) is 15.0 Å². The smallest absolute Gasteiger partial charge is 0.407 e. The summed E-state index contributed by atoms with van der Waals surface area (Å²) in [4.78, 5) is 15.4. The van der Waals surface area contributed by atoms with Crippen LogP contribution in [0, 0.1) is 0 Å². The van der Waals surface area contributed by atoms with Crippen LogP contribution in [0.25, 0.3) is 0 Å². The van der Waals surface area contributed by atoms with Crippen LogP contribution in [0.2, 0.25) is 5.15 Å². The van der Waals surface area contributed by atoms with Crippen LogP contribution in [0.4, 0.5) is 4.79 Å². The van der Waals surface area contributed by atoms with Gasteiger partial charge in [0.15, 0.2) is 0 Å². The molecule has 0 aliphatic rings. The van der Waals surface area contributed by atoms with Gasteiger partial charge in [0.2, 0.25) is 0 Å². The van der Waals surface area contributed by atoms with Crippen LogP contribution in [0.15, 0.2) is 48.7 Å². The largest absolute Gasteiger partial charge is 0.445 e. The third-order valence-electron chi connectivity index (χ3n) is 3.12. The van der Waals surface area contributed by atoms with Crippen molar-refractivity contribution in [3.8, 4) is 0 Å². The molecule has 7 heteroatoms. The maximum absolute atomic E-state index is 11.6. The number of hydrogen-bond acceptors (Lipinski definition) is 5. The molecule has 2 aromatic rings. The van der Waals surface area contributed by atoms with Gasteiger partial charge in [-0.1, -0.05) is 41.9 Å². The quantitative estimate of drug-likeness (QED) is 0.702. The molecular weight excluding hydrogens is 320 g/mol. The fraction of sp³-hybridized carbons (Fsp3) is 0.250. The zero-order chi connectivity index (χ0) is 16.7. The molecule has 0 radical (unpaired) electrons. The van der Waals surface area contributed by atoms with Crippen molar-refractivity contribution < 1.29 is 19.7 Å². The first kappa shape index (κ1) is 17.2. The summed E-state index contributed by atoms with van der Waals surface area (Å²) in [7, 11) is 0. The van der Waals surface area contributed by atoms with Gasteiger partial charge < -0.3 is 20.3 Å². The number of pyridine rings is 1. The fourth-order valence-electron chi connectivity index (χ4n) is 1.90. The molecule has 2 atom stereocenters. The molecule has 2 unspecified atom stereocenters. The Balaban J connectivity index is 1.77. The van der Waals surface area contributed by atoms with Crippen molar-refractivity contribution in [3.63, 3.8) is 0 Å². The predicted octanol–water partition coefficient (Wildman–Crippen LogP) is 2.06. The van der Waals surface area contributed by atoms with Gasteiger partial charge in [-0.3, -0.25) is 0 Å². The third-order valence-corrected chi connectivity index (χ3v) is 3.33. The second-order valence-electron chi connectivity index (χ2n) is 4.87. The molecule has 23 heavy (non-hydrogen) atoms. The monoisotopic (exact) mass is 336 g/mol. The number of hydrogen-bond donors (Lipinski definition) is 3. The van der Waals surface area contributed by atoms with Gasteiger partial charge >= 0.3 is 6.09 Å². The summed E-state index contributed by atoms with van der Waals surface area (Å²) in [5.74, 6) is 0. The van der Waals surface area contributed by atoms with E-state index >= 15 is 0 Å². The Hall–Kier alpha value is -2.15. The molecule has 6 nitrogen and oxygen atoms in total. The average Bonchev–Trinajstić information content (AvgIpc) is 2.58. The Bertz CT molecular complexity index is 639. The van der Waals surface area contributed by atoms with Crippen molar-refractivity contribution in [2.24, 2.45) is 0 Å². The highest BCUT2D eigenvalue weighted by atomic mass is 35.5. The van der Waals surface area contributed by atoms with Crippen LogP contribution in [0.5, 0.6) is 0 Å². The molecular formula is C16H17ClN2O4. The molecule has 2 rings (SSSR count). The number of alkyl carbamates (subject to hydrolysis) is 1. The number of ether oxygens (including phenoxy) is 1. The number of rotatable bonds is 6. The van der Waals surface area contributed by atoms with Crippen molar-refractivity contribution in [1.29, 1.82) is 0 Å². The number of nitrogens with zero attached hydrogens (tertiary/aromatic N) is 1. The summed E-state index contributed by atoms with van der Waals surface area (Å²) in [6, 6.07) is 12.2. The van der Waals surface area contributed by atoms with Crippen LogP contribution in [0.1, 0.15) is 17.2 Å². The van der Waals surface area contributed by atoms with Gasteiger partial charge in [0.1, 0.15) is 24.0 Å². The fourth-order valence-corrected chi connectivity index (χ4v) is 2.08. The standard InChI is InChI=1S/C16H17ClN2O4/c17-14-8-12(6-7-18-14)15(21)13(20)9-19-16(22)23-10-11-4-2-1-3-5-11/h1-8,13,15,20-21H,9-10H2,(H,19,22). The summed E-state index contributed by atoms with van der Waals surface area (Å²) < 4.78 is 5.01. The highest BCUT2D eigenvalue weighted by Gasteiger charge is 2.19.